The molecule has 1 aromatic rings. The van der Waals surface area contributed by atoms with Crippen LogP contribution in [0.25, 0.3) is 0 Å². The molecule has 0 aliphatic heterocycles. The molecule has 1 unspecified atom stereocenters. The summed E-state index contributed by atoms with van der Waals surface area (Å²) in [5.41, 5.74) is -0.195. The molecule has 1 atom stereocenters. The molecule has 0 aromatic heterocycles. The molecule has 0 aliphatic rings. The number of hydrogen-bond donors (Lipinski definition) is 1. The molecular formula is C13H18F2N2O3S. The zero-order valence-electron chi connectivity index (χ0n) is 12.1. The fourth-order valence-electron chi connectivity index (χ4n) is 1.73. The van der Waals surface area contributed by atoms with E-state index in [1.54, 1.807) is 13.8 Å². The zero-order valence-corrected chi connectivity index (χ0v) is 12.9. The maximum atomic E-state index is 13.4. The van der Waals surface area contributed by atoms with Gasteiger partial charge in [0.2, 0.25) is 15.9 Å². The normalized spacial score (nSPS) is 13.2. The van der Waals surface area contributed by atoms with Crippen molar-refractivity contribution < 1.29 is 22.0 Å². The third-order valence-electron chi connectivity index (χ3n) is 3.01. The molecule has 0 aliphatic carbocycles. The summed E-state index contributed by atoms with van der Waals surface area (Å²) in [6.45, 7) is 3.04. The molecule has 118 valence electrons. The highest BCUT2D eigenvalue weighted by atomic mass is 32.2. The van der Waals surface area contributed by atoms with Crippen LogP contribution in [-0.2, 0) is 14.8 Å². The number of amides is 1. The molecule has 5 nitrogen and oxygen atoms in total. The van der Waals surface area contributed by atoms with Gasteiger partial charge in [-0.05, 0) is 25.5 Å². The monoisotopic (exact) mass is 320 g/mol. The van der Waals surface area contributed by atoms with Gasteiger partial charge in [0.05, 0.1) is 18.5 Å². The van der Waals surface area contributed by atoms with Crippen LogP contribution in [-0.4, -0.2) is 37.5 Å². The second-order valence-electron chi connectivity index (χ2n) is 4.74. The standard InChI is InChI=1S/C13H18F2N2O3S/c1-4-9(2)17(21(3,19)20)8-13(18)16-12-6-5-10(14)7-11(12)15/h5-7,9H,4,8H2,1-3H3,(H,16,18). The van der Waals surface area contributed by atoms with Crippen molar-refractivity contribution >= 4 is 21.6 Å². The third-order valence-corrected chi connectivity index (χ3v) is 4.35. The first-order valence-corrected chi connectivity index (χ1v) is 8.21. The number of sulfonamides is 1. The molecule has 1 amide bonds. The first-order chi connectivity index (χ1) is 9.65. The Morgan fingerprint density at radius 3 is 2.48 bits per heavy atom. The minimum Gasteiger partial charge on any atom is -0.322 e. The average Bonchev–Trinajstić information content (AvgIpc) is 2.37. The van der Waals surface area contributed by atoms with E-state index in [0.29, 0.717) is 12.5 Å². The van der Waals surface area contributed by atoms with E-state index in [4.69, 9.17) is 0 Å². The van der Waals surface area contributed by atoms with Gasteiger partial charge in [0.15, 0.2) is 0 Å². The number of halogens is 2. The quantitative estimate of drug-likeness (QED) is 0.871. The van der Waals surface area contributed by atoms with Gasteiger partial charge in [0, 0.05) is 12.1 Å². The summed E-state index contributed by atoms with van der Waals surface area (Å²) in [5, 5.41) is 2.23. The molecule has 1 N–H and O–H groups in total. The molecule has 0 fully saturated rings. The predicted molar refractivity (Wildman–Crippen MR) is 76.3 cm³/mol. The summed E-state index contributed by atoms with van der Waals surface area (Å²) < 4.78 is 50.5. The van der Waals surface area contributed by atoms with Crippen LogP contribution in [0.2, 0.25) is 0 Å². The Labute approximate surface area is 123 Å². The van der Waals surface area contributed by atoms with Crippen molar-refractivity contribution in [2.24, 2.45) is 0 Å². The highest BCUT2D eigenvalue weighted by Gasteiger charge is 2.25. The summed E-state index contributed by atoms with van der Waals surface area (Å²) in [4.78, 5) is 11.8. The maximum Gasteiger partial charge on any atom is 0.239 e. The second-order valence-corrected chi connectivity index (χ2v) is 6.67. The van der Waals surface area contributed by atoms with Crippen LogP contribution in [0.15, 0.2) is 18.2 Å². The van der Waals surface area contributed by atoms with Gasteiger partial charge >= 0.3 is 0 Å². The van der Waals surface area contributed by atoms with E-state index in [2.05, 4.69) is 5.32 Å². The number of nitrogens with one attached hydrogen (secondary N) is 1. The van der Waals surface area contributed by atoms with Crippen molar-refractivity contribution in [3.8, 4) is 0 Å². The minimum atomic E-state index is -3.56. The van der Waals surface area contributed by atoms with Crippen LogP contribution in [0, 0.1) is 11.6 Å². The molecule has 21 heavy (non-hydrogen) atoms. The van der Waals surface area contributed by atoms with Gasteiger partial charge in [-0.25, -0.2) is 17.2 Å². The van der Waals surface area contributed by atoms with E-state index in [9.17, 15) is 22.0 Å². The largest absolute Gasteiger partial charge is 0.322 e. The number of carbonyl (C=O) groups is 1. The van der Waals surface area contributed by atoms with Crippen molar-refractivity contribution in [2.45, 2.75) is 26.3 Å². The average molecular weight is 320 g/mol. The van der Waals surface area contributed by atoms with Gasteiger partial charge in [0.1, 0.15) is 11.6 Å². The van der Waals surface area contributed by atoms with Crippen LogP contribution in [0.3, 0.4) is 0 Å². The van der Waals surface area contributed by atoms with Gasteiger partial charge < -0.3 is 5.32 Å². The van der Waals surface area contributed by atoms with E-state index < -0.39 is 34.1 Å². The highest BCUT2D eigenvalue weighted by Crippen LogP contribution is 2.15. The highest BCUT2D eigenvalue weighted by molar-refractivity contribution is 7.88. The Kier molecular flexibility index (Phi) is 5.79. The molecule has 0 saturated carbocycles. The Hall–Kier alpha value is -1.54. The van der Waals surface area contributed by atoms with Crippen molar-refractivity contribution in [3.05, 3.63) is 29.8 Å². The topological polar surface area (TPSA) is 66.5 Å². The summed E-state index contributed by atoms with van der Waals surface area (Å²) >= 11 is 0. The van der Waals surface area contributed by atoms with Crippen molar-refractivity contribution in [3.63, 3.8) is 0 Å². The zero-order chi connectivity index (χ0) is 16.2. The Morgan fingerprint density at radius 2 is 2.00 bits per heavy atom. The van der Waals surface area contributed by atoms with Crippen LogP contribution in [0.5, 0.6) is 0 Å². The Balaban J connectivity index is 2.84. The molecule has 0 spiro atoms. The van der Waals surface area contributed by atoms with Crippen molar-refractivity contribution in [1.82, 2.24) is 4.31 Å². The SMILES string of the molecule is CCC(C)N(CC(=O)Nc1ccc(F)cc1F)S(C)(=O)=O. The van der Waals surface area contributed by atoms with Crippen LogP contribution in [0.4, 0.5) is 14.5 Å². The Morgan fingerprint density at radius 1 is 1.38 bits per heavy atom. The lowest BCUT2D eigenvalue weighted by molar-refractivity contribution is -0.116. The fourth-order valence-corrected chi connectivity index (χ4v) is 2.88. The smallest absolute Gasteiger partial charge is 0.239 e. The van der Waals surface area contributed by atoms with E-state index >= 15 is 0 Å². The fraction of sp³-hybridized carbons (Fsp3) is 0.462. The summed E-state index contributed by atoms with van der Waals surface area (Å²) in [5.74, 6) is -2.37. The first-order valence-electron chi connectivity index (χ1n) is 6.36. The maximum absolute atomic E-state index is 13.4. The molecular weight excluding hydrogens is 302 g/mol. The summed E-state index contributed by atoms with van der Waals surface area (Å²) in [6, 6.07) is 2.36. The minimum absolute atomic E-state index is 0.195. The van der Waals surface area contributed by atoms with E-state index in [0.717, 1.165) is 22.7 Å². The number of hydrogen-bond acceptors (Lipinski definition) is 3. The third kappa shape index (κ3) is 5.05. The number of nitrogens with zero attached hydrogens (tertiary/aromatic N) is 1. The first kappa shape index (κ1) is 17.5. The van der Waals surface area contributed by atoms with Gasteiger partial charge in [0.25, 0.3) is 0 Å². The molecule has 0 bridgehead atoms. The molecule has 1 aromatic carbocycles. The number of carbonyl (C=O) groups excluding carboxylic acids is 1. The second kappa shape index (κ2) is 6.95. The van der Waals surface area contributed by atoms with Crippen LogP contribution < -0.4 is 5.32 Å². The number of anilines is 1. The molecule has 0 heterocycles. The lowest BCUT2D eigenvalue weighted by Crippen LogP contribution is -2.42. The summed E-state index contributed by atoms with van der Waals surface area (Å²) in [7, 11) is -3.56. The van der Waals surface area contributed by atoms with Crippen molar-refractivity contribution in [1.29, 1.82) is 0 Å². The van der Waals surface area contributed by atoms with Crippen molar-refractivity contribution in [2.75, 3.05) is 18.1 Å². The number of rotatable bonds is 6. The lowest BCUT2D eigenvalue weighted by Gasteiger charge is -2.25. The van der Waals surface area contributed by atoms with Crippen LogP contribution in [0.1, 0.15) is 20.3 Å². The molecule has 0 saturated heterocycles. The molecule has 0 radical (unpaired) electrons. The van der Waals surface area contributed by atoms with Gasteiger partial charge in [-0.1, -0.05) is 6.92 Å². The van der Waals surface area contributed by atoms with Gasteiger partial charge in [-0.2, -0.15) is 4.31 Å². The van der Waals surface area contributed by atoms with E-state index in [1.807, 2.05) is 0 Å². The summed E-state index contributed by atoms with van der Waals surface area (Å²) in [6.07, 6.45) is 1.54. The molecule has 8 heteroatoms. The van der Waals surface area contributed by atoms with Gasteiger partial charge in [-0.15, -0.1) is 0 Å². The van der Waals surface area contributed by atoms with E-state index in [1.165, 1.54) is 0 Å². The molecule has 1 rings (SSSR count). The van der Waals surface area contributed by atoms with E-state index in [-0.39, 0.29) is 11.7 Å². The predicted octanol–water partition coefficient (Wildman–Crippen LogP) is 1.96. The van der Waals surface area contributed by atoms with Gasteiger partial charge in [-0.3, -0.25) is 4.79 Å². The lowest BCUT2D eigenvalue weighted by atomic mass is 10.2. The van der Waals surface area contributed by atoms with Crippen LogP contribution >= 0.6 is 0 Å². The Bertz CT molecular complexity index is 620. The number of benzene rings is 1.